The predicted molar refractivity (Wildman–Crippen MR) is 68.4 cm³/mol. The Morgan fingerprint density at radius 2 is 2.12 bits per heavy atom. The number of nitrogens with zero attached hydrogens (tertiary/aromatic N) is 1. The molecule has 3 unspecified atom stereocenters. The van der Waals surface area contributed by atoms with Crippen molar-refractivity contribution in [3.8, 4) is 0 Å². The maximum Gasteiger partial charge on any atom is 0.0724 e. The SMILES string of the molecule is COC1CN(CC(N)CC(C)C)CCC1C. The van der Waals surface area contributed by atoms with Crippen LogP contribution in [0.15, 0.2) is 0 Å². The van der Waals surface area contributed by atoms with Crippen molar-refractivity contribution in [1.29, 1.82) is 0 Å². The highest BCUT2D eigenvalue weighted by Gasteiger charge is 2.26. The van der Waals surface area contributed by atoms with Gasteiger partial charge in [0.05, 0.1) is 6.10 Å². The Morgan fingerprint density at radius 1 is 1.44 bits per heavy atom. The zero-order chi connectivity index (χ0) is 12.1. The van der Waals surface area contributed by atoms with Gasteiger partial charge in [0.2, 0.25) is 0 Å². The molecule has 3 heteroatoms. The van der Waals surface area contributed by atoms with Crippen LogP contribution in [0.25, 0.3) is 0 Å². The molecule has 0 aromatic heterocycles. The first-order chi connectivity index (χ1) is 7.52. The fourth-order valence-electron chi connectivity index (χ4n) is 2.58. The molecular weight excluding hydrogens is 200 g/mol. The van der Waals surface area contributed by atoms with E-state index in [0.717, 1.165) is 19.5 Å². The molecule has 0 bridgehead atoms. The van der Waals surface area contributed by atoms with Gasteiger partial charge in [-0.3, -0.25) is 4.90 Å². The molecule has 96 valence electrons. The molecule has 0 amide bonds. The van der Waals surface area contributed by atoms with E-state index in [2.05, 4.69) is 25.7 Å². The molecule has 0 aromatic rings. The maximum atomic E-state index is 6.14. The van der Waals surface area contributed by atoms with Crippen LogP contribution >= 0.6 is 0 Å². The predicted octanol–water partition coefficient (Wildman–Crippen LogP) is 1.72. The Morgan fingerprint density at radius 3 is 2.69 bits per heavy atom. The summed E-state index contributed by atoms with van der Waals surface area (Å²) in [6.07, 6.45) is 2.73. The summed E-state index contributed by atoms with van der Waals surface area (Å²) in [5.74, 6) is 1.37. The van der Waals surface area contributed by atoms with Crippen molar-refractivity contribution in [2.75, 3.05) is 26.7 Å². The molecule has 0 radical (unpaired) electrons. The van der Waals surface area contributed by atoms with Crippen molar-refractivity contribution >= 4 is 0 Å². The first kappa shape index (κ1) is 13.9. The van der Waals surface area contributed by atoms with Crippen LogP contribution in [0, 0.1) is 11.8 Å². The van der Waals surface area contributed by atoms with E-state index in [1.165, 1.54) is 13.0 Å². The van der Waals surface area contributed by atoms with E-state index in [4.69, 9.17) is 10.5 Å². The number of rotatable bonds is 5. The van der Waals surface area contributed by atoms with Gasteiger partial charge in [-0.2, -0.15) is 0 Å². The number of ether oxygens (including phenoxy) is 1. The van der Waals surface area contributed by atoms with Crippen LogP contribution in [0.5, 0.6) is 0 Å². The van der Waals surface area contributed by atoms with Crippen molar-refractivity contribution in [3.63, 3.8) is 0 Å². The summed E-state index contributed by atoms with van der Waals surface area (Å²) in [6.45, 7) is 9.98. The van der Waals surface area contributed by atoms with Crippen LogP contribution in [0.2, 0.25) is 0 Å². The van der Waals surface area contributed by atoms with E-state index < -0.39 is 0 Å². The summed E-state index contributed by atoms with van der Waals surface area (Å²) in [6, 6.07) is 0.311. The second-order valence-electron chi connectivity index (χ2n) is 5.69. The lowest BCUT2D eigenvalue weighted by atomic mass is 9.95. The molecule has 0 aromatic carbocycles. The molecule has 0 aliphatic carbocycles. The number of methoxy groups -OCH3 is 1. The average Bonchev–Trinajstić information content (AvgIpc) is 2.19. The molecule has 1 saturated heterocycles. The smallest absolute Gasteiger partial charge is 0.0724 e. The highest BCUT2D eigenvalue weighted by Crippen LogP contribution is 2.19. The zero-order valence-corrected chi connectivity index (χ0v) is 11.3. The standard InChI is InChI=1S/C13H28N2O/c1-10(2)7-12(14)8-15-6-5-11(3)13(9-15)16-4/h10-13H,5-9,14H2,1-4H3. The number of hydrogen-bond donors (Lipinski definition) is 1. The minimum absolute atomic E-state index is 0.311. The van der Waals surface area contributed by atoms with Gasteiger partial charge in [-0.15, -0.1) is 0 Å². The number of piperidine rings is 1. The number of hydrogen-bond acceptors (Lipinski definition) is 3. The lowest BCUT2D eigenvalue weighted by Gasteiger charge is -2.37. The average molecular weight is 228 g/mol. The van der Waals surface area contributed by atoms with Gasteiger partial charge in [0, 0.05) is 26.2 Å². The molecule has 0 spiro atoms. The molecule has 3 atom stereocenters. The van der Waals surface area contributed by atoms with Crippen LogP contribution in [0.3, 0.4) is 0 Å². The molecule has 1 rings (SSSR count). The quantitative estimate of drug-likeness (QED) is 0.778. The number of nitrogens with two attached hydrogens (primary N) is 1. The number of likely N-dealkylation sites (tertiary alicyclic amines) is 1. The summed E-state index contributed by atoms with van der Waals surface area (Å²) < 4.78 is 5.51. The Hall–Kier alpha value is -0.120. The molecular formula is C13H28N2O. The fraction of sp³-hybridized carbons (Fsp3) is 1.00. The van der Waals surface area contributed by atoms with Gasteiger partial charge in [0.15, 0.2) is 0 Å². The molecule has 2 N–H and O–H groups in total. The Labute approximate surface area is 100 Å². The molecule has 16 heavy (non-hydrogen) atoms. The van der Waals surface area contributed by atoms with Crippen LogP contribution in [0.1, 0.15) is 33.6 Å². The minimum Gasteiger partial charge on any atom is -0.380 e. The van der Waals surface area contributed by atoms with Crippen molar-refractivity contribution in [2.24, 2.45) is 17.6 Å². The van der Waals surface area contributed by atoms with Crippen molar-refractivity contribution in [1.82, 2.24) is 4.90 Å². The van der Waals surface area contributed by atoms with Gasteiger partial charge < -0.3 is 10.5 Å². The topological polar surface area (TPSA) is 38.5 Å². The first-order valence-electron chi connectivity index (χ1n) is 6.53. The van der Waals surface area contributed by atoms with Gasteiger partial charge in [-0.25, -0.2) is 0 Å². The molecule has 1 heterocycles. The Balaban J connectivity index is 2.32. The fourth-order valence-corrected chi connectivity index (χ4v) is 2.58. The van der Waals surface area contributed by atoms with Gasteiger partial charge in [0.1, 0.15) is 0 Å². The van der Waals surface area contributed by atoms with Gasteiger partial charge in [0.25, 0.3) is 0 Å². The molecule has 3 nitrogen and oxygen atoms in total. The summed E-state index contributed by atoms with van der Waals surface area (Å²) in [7, 11) is 1.82. The van der Waals surface area contributed by atoms with E-state index in [1.807, 2.05) is 7.11 Å². The first-order valence-corrected chi connectivity index (χ1v) is 6.53. The minimum atomic E-state index is 0.311. The summed E-state index contributed by atoms with van der Waals surface area (Å²) >= 11 is 0. The van der Waals surface area contributed by atoms with Gasteiger partial charge >= 0.3 is 0 Å². The van der Waals surface area contributed by atoms with Crippen LogP contribution in [-0.4, -0.2) is 43.8 Å². The normalized spacial score (nSPS) is 29.6. The zero-order valence-electron chi connectivity index (χ0n) is 11.3. The largest absolute Gasteiger partial charge is 0.380 e. The summed E-state index contributed by atoms with van der Waals surface area (Å²) in [5, 5.41) is 0. The van der Waals surface area contributed by atoms with Crippen molar-refractivity contribution < 1.29 is 4.74 Å². The summed E-state index contributed by atoms with van der Waals surface area (Å²) in [5.41, 5.74) is 6.14. The van der Waals surface area contributed by atoms with Crippen LogP contribution < -0.4 is 5.73 Å². The molecule has 1 aliphatic heterocycles. The second kappa shape index (κ2) is 6.58. The van der Waals surface area contributed by atoms with Gasteiger partial charge in [-0.05, 0) is 31.2 Å². The Bertz CT molecular complexity index is 196. The maximum absolute atomic E-state index is 6.14. The Kier molecular flexibility index (Phi) is 5.73. The monoisotopic (exact) mass is 228 g/mol. The third kappa shape index (κ3) is 4.40. The lowest BCUT2D eigenvalue weighted by Crippen LogP contribution is -2.48. The van der Waals surface area contributed by atoms with Crippen molar-refractivity contribution in [2.45, 2.75) is 45.8 Å². The second-order valence-corrected chi connectivity index (χ2v) is 5.69. The highest BCUT2D eigenvalue weighted by atomic mass is 16.5. The van der Waals surface area contributed by atoms with E-state index in [0.29, 0.717) is 24.0 Å². The van der Waals surface area contributed by atoms with E-state index in [-0.39, 0.29) is 0 Å². The third-order valence-corrected chi connectivity index (χ3v) is 3.54. The van der Waals surface area contributed by atoms with Gasteiger partial charge in [-0.1, -0.05) is 20.8 Å². The van der Waals surface area contributed by atoms with E-state index in [1.54, 1.807) is 0 Å². The highest BCUT2D eigenvalue weighted by molar-refractivity contribution is 4.81. The molecule has 0 saturated carbocycles. The molecule has 1 fully saturated rings. The van der Waals surface area contributed by atoms with Crippen LogP contribution in [-0.2, 0) is 4.74 Å². The lowest BCUT2D eigenvalue weighted by molar-refractivity contribution is -0.00682. The van der Waals surface area contributed by atoms with Crippen LogP contribution in [0.4, 0.5) is 0 Å². The van der Waals surface area contributed by atoms with E-state index >= 15 is 0 Å². The summed E-state index contributed by atoms with van der Waals surface area (Å²) in [4.78, 5) is 2.46. The third-order valence-electron chi connectivity index (χ3n) is 3.54. The molecule has 1 aliphatic rings. The van der Waals surface area contributed by atoms with E-state index in [9.17, 15) is 0 Å². The van der Waals surface area contributed by atoms with Crippen molar-refractivity contribution in [3.05, 3.63) is 0 Å².